The molecule has 180 valence electrons. The second-order valence-corrected chi connectivity index (χ2v) is 11.5. The van der Waals surface area contributed by atoms with Crippen LogP contribution < -0.4 is 10.0 Å². The zero-order valence-corrected chi connectivity index (χ0v) is 21.1. The Morgan fingerprint density at radius 2 is 2.00 bits per heavy atom. The summed E-state index contributed by atoms with van der Waals surface area (Å²) in [6.07, 6.45) is 1.29. The van der Waals surface area contributed by atoms with Crippen molar-refractivity contribution in [2.24, 2.45) is 5.92 Å². The number of hydrogen-bond acceptors (Lipinski definition) is 6. The van der Waals surface area contributed by atoms with Crippen LogP contribution in [0.2, 0.25) is 0 Å². The minimum Gasteiger partial charge on any atom is -0.343 e. The summed E-state index contributed by atoms with van der Waals surface area (Å²) < 4.78 is 27.7. The van der Waals surface area contributed by atoms with E-state index in [0.29, 0.717) is 23.5 Å². The Balaban J connectivity index is 1.83. The molecule has 0 saturated heterocycles. The topological polar surface area (TPSA) is 108 Å². The lowest BCUT2D eigenvalue weighted by Gasteiger charge is -2.37. The summed E-state index contributed by atoms with van der Waals surface area (Å²) in [4.78, 5) is 32.7. The van der Waals surface area contributed by atoms with Crippen molar-refractivity contribution in [2.75, 3.05) is 12.3 Å². The average Bonchev–Trinajstić information content (AvgIpc) is 3.21. The van der Waals surface area contributed by atoms with Crippen molar-refractivity contribution in [2.45, 2.75) is 59.2 Å². The van der Waals surface area contributed by atoms with E-state index in [1.165, 1.54) is 11.3 Å². The third kappa shape index (κ3) is 6.18. The van der Waals surface area contributed by atoms with Gasteiger partial charge in [0.1, 0.15) is 10.9 Å². The predicted octanol–water partition coefficient (Wildman–Crippen LogP) is 3.01. The van der Waals surface area contributed by atoms with E-state index in [2.05, 4.69) is 15.0 Å². The van der Waals surface area contributed by atoms with Crippen molar-refractivity contribution in [3.05, 3.63) is 51.5 Å². The third-order valence-corrected chi connectivity index (χ3v) is 8.14. The van der Waals surface area contributed by atoms with E-state index in [1.807, 2.05) is 45.0 Å². The summed E-state index contributed by atoms with van der Waals surface area (Å²) in [5.74, 6) is -0.744. The Bertz CT molecular complexity index is 1100. The van der Waals surface area contributed by atoms with Crippen LogP contribution >= 0.6 is 11.3 Å². The van der Waals surface area contributed by atoms with E-state index in [-0.39, 0.29) is 30.0 Å². The Morgan fingerprint density at radius 3 is 2.64 bits per heavy atom. The number of carbonyl (C=O) groups excluding carboxylic acids is 2. The van der Waals surface area contributed by atoms with Crippen LogP contribution in [0, 0.1) is 12.8 Å². The van der Waals surface area contributed by atoms with E-state index in [1.54, 1.807) is 17.3 Å². The smallest absolute Gasteiger partial charge is 0.263 e. The first-order chi connectivity index (χ1) is 15.6. The Kier molecular flexibility index (Phi) is 8.25. The molecule has 1 aliphatic heterocycles. The lowest BCUT2D eigenvalue weighted by atomic mass is 9.93. The van der Waals surface area contributed by atoms with Gasteiger partial charge in [0.25, 0.3) is 5.91 Å². The maximum atomic E-state index is 13.5. The van der Waals surface area contributed by atoms with Gasteiger partial charge >= 0.3 is 0 Å². The number of rotatable bonds is 9. The second-order valence-electron chi connectivity index (χ2n) is 8.72. The molecule has 2 heterocycles. The van der Waals surface area contributed by atoms with E-state index >= 15 is 0 Å². The summed E-state index contributed by atoms with van der Waals surface area (Å²) >= 11 is 1.28. The monoisotopic (exact) mass is 492 g/mol. The summed E-state index contributed by atoms with van der Waals surface area (Å²) in [6.45, 7) is 7.99. The molecule has 0 saturated carbocycles. The standard InChI is InChI=1S/C23H32N4O4S2/c1-5-6-11-33(30,31)26-20(15(2)3)23(29)27-12-17-9-7-8-10-18(17)19(13-27)25-22(28)21-16(4)24-14-32-21/h7-10,14-15,19-20,26H,5-6,11-13H2,1-4H3,(H,25,28). The number of nitrogens with zero attached hydrogens (tertiary/aromatic N) is 2. The Morgan fingerprint density at radius 1 is 1.27 bits per heavy atom. The van der Waals surface area contributed by atoms with Crippen molar-refractivity contribution in [1.82, 2.24) is 19.9 Å². The molecular weight excluding hydrogens is 460 g/mol. The number of fused-ring (bicyclic) bond motifs is 1. The van der Waals surface area contributed by atoms with Crippen molar-refractivity contribution in [1.29, 1.82) is 0 Å². The van der Waals surface area contributed by atoms with Crippen LogP contribution in [0.4, 0.5) is 0 Å². The van der Waals surface area contributed by atoms with Gasteiger partial charge in [0.15, 0.2) is 0 Å². The molecule has 2 atom stereocenters. The van der Waals surface area contributed by atoms with Gasteiger partial charge in [0.05, 0.1) is 23.0 Å². The molecule has 2 aromatic rings. The molecule has 0 spiro atoms. The number of aromatic nitrogens is 1. The fourth-order valence-corrected chi connectivity index (χ4v) is 6.15. The third-order valence-electron chi connectivity index (χ3n) is 5.77. The number of thiazole rings is 1. The zero-order valence-electron chi connectivity index (χ0n) is 19.5. The first-order valence-electron chi connectivity index (χ1n) is 11.2. The number of sulfonamides is 1. The lowest BCUT2D eigenvalue weighted by Crippen LogP contribution is -2.54. The van der Waals surface area contributed by atoms with Gasteiger partial charge in [0.2, 0.25) is 15.9 Å². The maximum Gasteiger partial charge on any atom is 0.263 e. The van der Waals surface area contributed by atoms with Crippen LogP contribution in [0.25, 0.3) is 0 Å². The zero-order chi connectivity index (χ0) is 24.2. The maximum absolute atomic E-state index is 13.5. The second kappa shape index (κ2) is 10.8. The van der Waals surface area contributed by atoms with Crippen molar-refractivity contribution < 1.29 is 18.0 Å². The van der Waals surface area contributed by atoms with E-state index < -0.39 is 22.1 Å². The van der Waals surface area contributed by atoms with Gasteiger partial charge in [-0.15, -0.1) is 11.3 Å². The van der Waals surface area contributed by atoms with Crippen LogP contribution in [0.1, 0.15) is 66.1 Å². The molecule has 0 radical (unpaired) electrons. The Hall–Kier alpha value is -2.30. The van der Waals surface area contributed by atoms with Crippen molar-refractivity contribution in [3.63, 3.8) is 0 Å². The molecule has 2 amide bonds. The number of amides is 2. The van der Waals surface area contributed by atoms with Crippen molar-refractivity contribution >= 4 is 33.2 Å². The molecule has 1 aromatic heterocycles. The number of benzene rings is 1. The predicted molar refractivity (Wildman–Crippen MR) is 129 cm³/mol. The van der Waals surface area contributed by atoms with Gasteiger partial charge in [-0.3, -0.25) is 9.59 Å². The lowest BCUT2D eigenvalue weighted by molar-refractivity contribution is -0.135. The van der Waals surface area contributed by atoms with Gasteiger partial charge in [-0.2, -0.15) is 0 Å². The first kappa shape index (κ1) is 25.3. The van der Waals surface area contributed by atoms with Crippen LogP contribution in [0.3, 0.4) is 0 Å². The molecule has 1 aliphatic rings. The fraction of sp³-hybridized carbons (Fsp3) is 0.522. The summed E-state index contributed by atoms with van der Waals surface area (Å²) in [5, 5.41) is 3.05. The molecule has 1 aromatic carbocycles. The minimum absolute atomic E-state index is 0.00425. The number of nitrogens with one attached hydrogen (secondary N) is 2. The van der Waals surface area contributed by atoms with Gasteiger partial charge < -0.3 is 10.2 Å². The fourth-order valence-electron chi connectivity index (χ4n) is 3.90. The summed E-state index contributed by atoms with van der Waals surface area (Å²) in [6, 6.07) is 6.42. The molecule has 0 aliphatic carbocycles. The van der Waals surface area contributed by atoms with E-state index in [0.717, 1.165) is 17.5 Å². The van der Waals surface area contributed by atoms with Crippen molar-refractivity contribution in [3.8, 4) is 0 Å². The van der Waals surface area contributed by atoms with Gasteiger partial charge in [-0.1, -0.05) is 51.5 Å². The van der Waals surface area contributed by atoms with Crippen LogP contribution in [-0.4, -0.2) is 48.5 Å². The molecule has 33 heavy (non-hydrogen) atoms. The highest BCUT2D eigenvalue weighted by Gasteiger charge is 2.35. The van der Waals surface area contributed by atoms with Crippen LogP contribution in [0.5, 0.6) is 0 Å². The number of hydrogen-bond donors (Lipinski definition) is 2. The number of unbranched alkanes of at least 4 members (excludes halogenated alkanes) is 1. The molecule has 0 bridgehead atoms. The molecular formula is C23H32N4O4S2. The highest BCUT2D eigenvalue weighted by atomic mass is 32.2. The SMILES string of the molecule is CCCCS(=O)(=O)NC(C(=O)N1Cc2ccccc2C(NC(=O)c2scnc2C)C1)C(C)C. The van der Waals surface area contributed by atoms with Gasteiger partial charge in [-0.05, 0) is 30.4 Å². The molecule has 8 nitrogen and oxygen atoms in total. The van der Waals surface area contributed by atoms with E-state index in [4.69, 9.17) is 0 Å². The normalized spacial score (nSPS) is 17.0. The van der Waals surface area contributed by atoms with E-state index in [9.17, 15) is 18.0 Å². The average molecular weight is 493 g/mol. The summed E-state index contributed by atoms with van der Waals surface area (Å²) in [5.41, 5.74) is 4.18. The molecule has 3 rings (SSSR count). The molecule has 2 N–H and O–H groups in total. The summed E-state index contributed by atoms with van der Waals surface area (Å²) in [7, 11) is -3.57. The molecule has 10 heteroatoms. The first-order valence-corrected chi connectivity index (χ1v) is 13.7. The van der Waals surface area contributed by atoms with Crippen LogP contribution in [-0.2, 0) is 21.4 Å². The number of aryl methyl sites for hydroxylation is 1. The highest BCUT2D eigenvalue weighted by molar-refractivity contribution is 7.89. The van der Waals surface area contributed by atoms with Gasteiger partial charge in [0, 0.05) is 13.1 Å². The molecule has 2 unspecified atom stereocenters. The number of carbonyl (C=O) groups is 2. The largest absolute Gasteiger partial charge is 0.343 e. The minimum atomic E-state index is -3.57. The Labute approximate surface area is 199 Å². The van der Waals surface area contributed by atoms with Gasteiger partial charge in [-0.25, -0.2) is 18.1 Å². The molecule has 0 fully saturated rings. The highest BCUT2D eigenvalue weighted by Crippen LogP contribution is 2.28. The van der Waals surface area contributed by atoms with Crippen LogP contribution in [0.15, 0.2) is 29.8 Å². The quantitative estimate of drug-likeness (QED) is 0.559.